The lowest BCUT2D eigenvalue weighted by Gasteiger charge is -2.45. The highest BCUT2D eigenvalue weighted by Gasteiger charge is 2.44. The molecule has 13 rings (SSSR count). The minimum Gasteiger partial charge on any atom is -0.311 e. The molecule has 0 amide bonds. The highest BCUT2D eigenvalue weighted by atomic mass is 15.2. The second kappa shape index (κ2) is 15.6. The van der Waals surface area contributed by atoms with Crippen LogP contribution in [-0.4, -0.2) is 6.71 Å². The predicted molar refractivity (Wildman–Crippen MR) is 287 cm³/mol. The van der Waals surface area contributed by atoms with Gasteiger partial charge in [-0.1, -0.05) is 188 Å². The van der Waals surface area contributed by atoms with Crippen LogP contribution >= 0.6 is 0 Å². The van der Waals surface area contributed by atoms with Gasteiger partial charge in [-0.3, -0.25) is 0 Å². The molecule has 0 aromatic heterocycles. The quantitative estimate of drug-likeness (QED) is 0.154. The van der Waals surface area contributed by atoms with E-state index in [1.54, 1.807) is 0 Å². The summed E-state index contributed by atoms with van der Waals surface area (Å²) in [5.41, 5.74) is 23.3. The first-order valence-electron chi connectivity index (χ1n) is 23.4. The fourth-order valence-electron chi connectivity index (χ4n) is 11.2. The van der Waals surface area contributed by atoms with E-state index in [1.165, 1.54) is 116 Å². The lowest BCUT2D eigenvalue weighted by Crippen LogP contribution is -2.61. The van der Waals surface area contributed by atoms with E-state index in [2.05, 4.69) is 260 Å². The Labute approximate surface area is 392 Å². The van der Waals surface area contributed by atoms with Crippen molar-refractivity contribution in [3.8, 4) is 44.5 Å². The van der Waals surface area contributed by atoms with Crippen LogP contribution < -0.4 is 26.2 Å². The van der Waals surface area contributed by atoms with E-state index >= 15 is 0 Å². The summed E-state index contributed by atoms with van der Waals surface area (Å²) >= 11 is 0. The molecule has 0 aliphatic carbocycles. The highest BCUT2D eigenvalue weighted by molar-refractivity contribution is 7.00. The third-order valence-corrected chi connectivity index (χ3v) is 14.2. The Morgan fingerprint density at radius 3 is 1.03 bits per heavy atom. The van der Waals surface area contributed by atoms with Gasteiger partial charge in [-0.15, -0.1) is 0 Å². The number of hydrogen-bond donors (Lipinski definition) is 0. The second-order valence-corrected chi connectivity index (χ2v) is 18.2. The van der Waals surface area contributed by atoms with Crippen LogP contribution in [0.3, 0.4) is 0 Å². The Hall–Kier alpha value is -8.40. The van der Waals surface area contributed by atoms with Crippen molar-refractivity contribution in [1.82, 2.24) is 0 Å². The average molecular weight is 853 g/mol. The van der Waals surface area contributed by atoms with Crippen molar-refractivity contribution in [3.63, 3.8) is 0 Å². The number of aryl methyl sites for hydroxylation is 2. The van der Waals surface area contributed by atoms with Crippen LogP contribution in [0.4, 0.5) is 34.1 Å². The normalized spacial score (nSPS) is 12.5. The summed E-state index contributed by atoms with van der Waals surface area (Å²) in [7, 11) is 0. The topological polar surface area (TPSA) is 6.48 Å². The molecular weight excluding hydrogens is 808 g/mol. The lowest BCUT2D eigenvalue weighted by atomic mass is 9.33. The highest BCUT2D eigenvalue weighted by Crippen LogP contribution is 2.48. The number of anilines is 6. The van der Waals surface area contributed by atoms with Crippen molar-refractivity contribution >= 4 is 78.8 Å². The summed E-state index contributed by atoms with van der Waals surface area (Å²) in [6.45, 7) is 4.54. The van der Waals surface area contributed by atoms with Crippen LogP contribution in [0.15, 0.2) is 237 Å². The van der Waals surface area contributed by atoms with Gasteiger partial charge < -0.3 is 9.80 Å². The molecule has 0 bridgehead atoms. The van der Waals surface area contributed by atoms with Gasteiger partial charge in [0.2, 0.25) is 0 Å². The van der Waals surface area contributed by atoms with Crippen molar-refractivity contribution in [3.05, 3.63) is 248 Å². The van der Waals surface area contributed by atoms with Crippen LogP contribution in [0.2, 0.25) is 0 Å². The fourth-order valence-corrected chi connectivity index (χ4v) is 11.2. The molecule has 0 saturated carbocycles. The number of hydrogen-bond acceptors (Lipinski definition) is 2. The minimum absolute atomic E-state index is 0.0272. The molecule has 2 aliphatic heterocycles. The SMILES string of the molecule is Cc1cc(-c2ccccc2)cc(C)c1-c1cc2c3c(c1)N(c1ccc(-c4ccccc4)cc1)c1cc4ccccc4cc1B3c1cc3ccccc3cc1N2c1ccc(-c2ccccc2)cc1. The van der Waals surface area contributed by atoms with E-state index in [0.717, 1.165) is 11.4 Å². The van der Waals surface area contributed by atoms with Gasteiger partial charge >= 0.3 is 0 Å². The van der Waals surface area contributed by atoms with Gasteiger partial charge in [-0.2, -0.15) is 0 Å². The molecule has 0 atom stereocenters. The maximum absolute atomic E-state index is 2.56. The Morgan fingerprint density at radius 1 is 0.284 bits per heavy atom. The lowest BCUT2D eigenvalue weighted by molar-refractivity contribution is 1.25. The summed E-state index contributed by atoms with van der Waals surface area (Å²) in [6, 6.07) is 87.8. The van der Waals surface area contributed by atoms with Crippen LogP contribution in [0.5, 0.6) is 0 Å². The molecule has 67 heavy (non-hydrogen) atoms. The van der Waals surface area contributed by atoms with Crippen LogP contribution in [-0.2, 0) is 0 Å². The summed E-state index contributed by atoms with van der Waals surface area (Å²) in [6.07, 6.45) is 0. The van der Waals surface area contributed by atoms with E-state index in [-0.39, 0.29) is 6.71 Å². The van der Waals surface area contributed by atoms with Crippen LogP contribution in [0.1, 0.15) is 11.1 Å². The van der Waals surface area contributed by atoms with E-state index in [9.17, 15) is 0 Å². The fraction of sp³-hybridized carbons (Fsp3) is 0.0312. The Morgan fingerprint density at radius 2 is 0.627 bits per heavy atom. The van der Waals surface area contributed by atoms with Gasteiger partial charge in [0.05, 0.1) is 0 Å². The molecule has 0 saturated heterocycles. The predicted octanol–water partition coefficient (Wildman–Crippen LogP) is 15.4. The maximum Gasteiger partial charge on any atom is 0.252 e. The molecule has 314 valence electrons. The first kappa shape index (κ1) is 39.0. The van der Waals surface area contributed by atoms with Gasteiger partial charge in [0.15, 0.2) is 0 Å². The number of benzene rings is 11. The number of nitrogens with zero attached hydrogens (tertiary/aromatic N) is 2. The van der Waals surface area contributed by atoms with Gasteiger partial charge in [0.25, 0.3) is 6.71 Å². The van der Waals surface area contributed by atoms with Crippen molar-refractivity contribution in [2.24, 2.45) is 0 Å². The minimum atomic E-state index is -0.0272. The van der Waals surface area contributed by atoms with E-state index in [0.29, 0.717) is 0 Å². The molecular formula is C64H45BN2. The number of rotatable bonds is 6. The molecule has 11 aromatic rings. The zero-order chi connectivity index (χ0) is 44.6. The molecule has 0 radical (unpaired) electrons. The average Bonchev–Trinajstić information content (AvgIpc) is 3.38. The molecule has 0 spiro atoms. The zero-order valence-corrected chi connectivity index (χ0v) is 37.5. The molecule has 2 heterocycles. The second-order valence-electron chi connectivity index (χ2n) is 18.2. The van der Waals surface area contributed by atoms with Gasteiger partial charge in [-0.05, 0) is 156 Å². The van der Waals surface area contributed by atoms with Crippen LogP contribution in [0, 0.1) is 13.8 Å². The first-order chi connectivity index (χ1) is 33.0. The monoisotopic (exact) mass is 852 g/mol. The summed E-state index contributed by atoms with van der Waals surface area (Å²) in [5.74, 6) is 0. The Bertz CT molecular complexity index is 3480. The zero-order valence-electron chi connectivity index (χ0n) is 37.5. The summed E-state index contributed by atoms with van der Waals surface area (Å²) in [4.78, 5) is 5.11. The van der Waals surface area contributed by atoms with E-state index < -0.39 is 0 Å². The van der Waals surface area contributed by atoms with Crippen molar-refractivity contribution < 1.29 is 0 Å². The third kappa shape index (κ3) is 6.49. The van der Waals surface area contributed by atoms with E-state index in [1.807, 2.05) is 0 Å². The number of fused-ring (bicyclic) bond motifs is 6. The van der Waals surface area contributed by atoms with Crippen molar-refractivity contribution in [1.29, 1.82) is 0 Å². The molecule has 2 aliphatic rings. The van der Waals surface area contributed by atoms with Gasteiger partial charge in [0.1, 0.15) is 0 Å². The van der Waals surface area contributed by atoms with Crippen molar-refractivity contribution in [2.45, 2.75) is 13.8 Å². The standard InChI is InChI=1S/C64H45BN2/c1-42-34-53(46-20-10-5-11-21-46)35-43(2)63(42)54-40-61-64-62(41-54)67(56-32-28-48(29-33-56)45-18-8-4-9-19-45)60-39-52-25-15-13-23-50(52)37-58(60)65(64)57-36-49-22-12-14-24-51(49)38-59(57)66(61)55-30-26-47(27-31-55)44-16-6-3-7-17-44/h3-41H,1-2H3. The largest absolute Gasteiger partial charge is 0.311 e. The van der Waals surface area contributed by atoms with E-state index in [4.69, 9.17) is 0 Å². The molecule has 0 fully saturated rings. The molecule has 0 N–H and O–H groups in total. The molecule has 2 nitrogen and oxygen atoms in total. The molecule has 11 aromatic carbocycles. The summed E-state index contributed by atoms with van der Waals surface area (Å²) < 4.78 is 0. The van der Waals surface area contributed by atoms with Crippen LogP contribution in [0.25, 0.3) is 66.1 Å². The third-order valence-electron chi connectivity index (χ3n) is 14.2. The maximum atomic E-state index is 2.56. The van der Waals surface area contributed by atoms with Gasteiger partial charge in [0, 0.05) is 34.1 Å². The van der Waals surface area contributed by atoms with Crippen molar-refractivity contribution in [2.75, 3.05) is 9.80 Å². The molecule has 0 unspecified atom stereocenters. The Balaban J connectivity index is 1.12. The smallest absolute Gasteiger partial charge is 0.252 e. The Kier molecular flexibility index (Phi) is 9.11. The first-order valence-corrected chi connectivity index (χ1v) is 23.4. The van der Waals surface area contributed by atoms with Gasteiger partial charge in [-0.25, -0.2) is 0 Å². The molecule has 3 heteroatoms. The summed E-state index contributed by atoms with van der Waals surface area (Å²) in [5, 5.41) is 4.94.